The van der Waals surface area contributed by atoms with Crippen molar-refractivity contribution in [2.45, 2.75) is 30.7 Å². The largest absolute Gasteiger partial charge is 0.507 e. The van der Waals surface area contributed by atoms with Crippen LogP contribution in [0.5, 0.6) is 23.0 Å². The first-order valence-electron chi connectivity index (χ1n) is 12.6. The Kier molecular flexibility index (Phi) is 6.41. The molecule has 0 aromatic heterocycles. The number of hydrogen-bond acceptors (Lipinski definition) is 8. The van der Waals surface area contributed by atoms with Crippen LogP contribution in [-0.4, -0.2) is 69.3 Å². The molecule has 0 saturated heterocycles. The number of hydrogen-bond donors (Lipinski definition) is 6. The Labute approximate surface area is 288 Å². The van der Waals surface area contributed by atoms with Gasteiger partial charge in [-0.2, -0.15) is 0 Å². The molecule has 6 N–H and O–H groups in total. The number of alkyl halides is 4. The van der Waals surface area contributed by atoms with Crippen molar-refractivity contribution >= 4 is 114 Å². The van der Waals surface area contributed by atoms with Crippen LogP contribution in [0.25, 0.3) is 21.5 Å². The summed E-state index contributed by atoms with van der Waals surface area (Å²) in [5.74, 6) is -2.16. The molecule has 4 atom stereocenters. The van der Waals surface area contributed by atoms with Gasteiger partial charge in [0.2, 0.25) is 0 Å². The molecule has 3 aromatic rings. The van der Waals surface area contributed by atoms with Crippen molar-refractivity contribution in [3.8, 4) is 23.0 Å². The van der Waals surface area contributed by atoms with Crippen molar-refractivity contribution in [3.05, 3.63) is 54.5 Å². The van der Waals surface area contributed by atoms with E-state index in [0.29, 0.717) is 0 Å². The highest BCUT2D eigenvalue weighted by atomic mass is 35.5. The van der Waals surface area contributed by atoms with Crippen LogP contribution in [-0.2, 0) is 29.0 Å². The lowest BCUT2D eigenvalue weighted by Gasteiger charge is -2.40. The van der Waals surface area contributed by atoms with Crippen molar-refractivity contribution in [2.24, 2.45) is 0 Å². The number of halogens is 8. The van der Waals surface area contributed by atoms with Crippen LogP contribution >= 0.6 is 92.8 Å². The Morgan fingerprint density at radius 2 is 0.705 bits per heavy atom. The summed E-state index contributed by atoms with van der Waals surface area (Å²) in [6, 6.07) is 2.52. The predicted octanol–water partition coefficient (Wildman–Crippen LogP) is 6.74. The number of phenolic OH excluding ortho intramolecular Hbond substituents is 4. The Balaban J connectivity index is 1.65. The topological polar surface area (TPSA) is 140 Å². The van der Waals surface area contributed by atoms with E-state index < -0.39 is 66.9 Å². The minimum absolute atomic E-state index is 0.0769. The van der Waals surface area contributed by atoms with Gasteiger partial charge in [-0.3, -0.25) is 0 Å². The second-order valence-electron chi connectivity index (χ2n) is 11.1. The molecule has 7 rings (SSSR count). The van der Waals surface area contributed by atoms with E-state index in [0.717, 1.165) is 0 Å². The summed E-state index contributed by atoms with van der Waals surface area (Å²) in [7, 11) is 2.43. The van der Waals surface area contributed by atoms with E-state index in [1.807, 2.05) is 0 Å². The van der Waals surface area contributed by atoms with Crippen LogP contribution in [0.4, 0.5) is 0 Å². The molecule has 4 unspecified atom stereocenters. The summed E-state index contributed by atoms with van der Waals surface area (Å²) in [5, 5.41) is 66.9. The normalized spacial score (nSPS) is 36.8. The van der Waals surface area contributed by atoms with Gasteiger partial charge in [-0.25, -0.2) is 0 Å². The monoisotopic (exact) mass is 762 g/mol. The van der Waals surface area contributed by atoms with Crippen LogP contribution in [0.2, 0.25) is 0 Å². The number of aromatic hydroxyl groups is 4. The van der Waals surface area contributed by atoms with E-state index in [4.69, 9.17) is 102 Å². The predicted molar refractivity (Wildman–Crippen MR) is 169 cm³/mol. The Morgan fingerprint density at radius 1 is 0.500 bits per heavy atom. The molecule has 0 fully saturated rings. The fraction of sp³-hybridized carbons (Fsp3) is 0.357. The summed E-state index contributed by atoms with van der Waals surface area (Å²) in [6.45, 7) is -1.67. The molecule has 44 heavy (non-hydrogen) atoms. The third kappa shape index (κ3) is 2.60. The molecule has 0 spiro atoms. The first kappa shape index (κ1) is 31.6. The first-order chi connectivity index (χ1) is 20.5. The lowest BCUT2D eigenvalue weighted by atomic mass is 9.86. The average molecular weight is 766 g/mol. The van der Waals surface area contributed by atoms with Gasteiger partial charge in [0.15, 0.2) is 0 Å². The third-order valence-electron chi connectivity index (χ3n) is 9.97. The number of aliphatic hydroxyl groups excluding tert-OH is 2. The second kappa shape index (κ2) is 8.92. The molecule has 4 aliphatic carbocycles. The van der Waals surface area contributed by atoms with Crippen LogP contribution in [0.1, 0.15) is 22.3 Å². The second-order valence-corrected chi connectivity index (χ2v) is 14.9. The smallest absolute Gasteiger partial charge is 0.147 e. The summed E-state index contributed by atoms with van der Waals surface area (Å²) >= 11 is 54.6. The summed E-state index contributed by atoms with van der Waals surface area (Å²) < 4.78 is 11.3. The molecule has 4 bridgehead atoms. The maximum Gasteiger partial charge on any atom is 0.147 e. The molecule has 16 heteroatoms. The van der Waals surface area contributed by atoms with Gasteiger partial charge < -0.3 is 40.1 Å². The summed E-state index contributed by atoms with van der Waals surface area (Å²) in [6.07, 6.45) is 0. The molecular formula is C28H18Cl8O8. The standard InChI is InChI=1S/C28H18Cl8O8/c1-43-23(5-37)25(33)11-12(26(23,34)20(30)19(25)29)16(40)8-4-10-9(3-7(8)15(11)39)17(41)13-14(18(10)42)28(36)22(32)21(31)27(13,35)24(28,6-38)44-2/h3-4,37-42H,5-6H2,1-2H3. The zero-order valence-electron chi connectivity index (χ0n) is 22.1. The number of ether oxygens (including phenoxy) is 2. The fourth-order valence-electron chi connectivity index (χ4n) is 7.90. The van der Waals surface area contributed by atoms with Gasteiger partial charge in [0.25, 0.3) is 0 Å². The number of rotatable bonds is 4. The Morgan fingerprint density at radius 3 is 0.864 bits per heavy atom. The van der Waals surface area contributed by atoms with Gasteiger partial charge in [-0.05, 0) is 12.1 Å². The Hall–Kier alpha value is -0.980. The van der Waals surface area contributed by atoms with Gasteiger partial charge in [0, 0.05) is 58.0 Å². The zero-order chi connectivity index (χ0) is 32.5. The average Bonchev–Trinajstić information content (AvgIpc) is 3.42. The lowest BCUT2D eigenvalue weighted by Crippen LogP contribution is -2.54. The number of fused-ring (bicyclic) bond motifs is 12. The third-order valence-corrected chi connectivity index (χ3v) is 15.2. The minimum Gasteiger partial charge on any atom is -0.507 e. The van der Waals surface area contributed by atoms with Gasteiger partial charge in [-0.1, -0.05) is 46.4 Å². The molecule has 0 saturated carbocycles. The van der Waals surface area contributed by atoms with Gasteiger partial charge in [0.05, 0.1) is 33.3 Å². The van der Waals surface area contributed by atoms with Crippen LogP contribution in [0, 0.1) is 0 Å². The van der Waals surface area contributed by atoms with Crippen molar-refractivity contribution in [1.82, 2.24) is 0 Å². The molecule has 0 radical (unpaired) electrons. The molecule has 3 aromatic carbocycles. The molecular weight excluding hydrogens is 748 g/mol. The highest BCUT2D eigenvalue weighted by Crippen LogP contribution is 2.80. The van der Waals surface area contributed by atoms with E-state index in [9.17, 15) is 30.6 Å². The number of phenols is 4. The van der Waals surface area contributed by atoms with E-state index in [1.54, 1.807) is 0 Å². The summed E-state index contributed by atoms with van der Waals surface area (Å²) in [5.41, 5.74) is -4.68. The number of aliphatic hydroxyl groups is 2. The van der Waals surface area contributed by atoms with Crippen LogP contribution in [0.3, 0.4) is 0 Å². The number of benzene rings is 3. The van der Waals surface area contributed by atoms with Gasteiger partial charge in [0.1, 0.15) is 53.7 Å². The lowest BCUT2D eigenvalue weighted by molar-refractivity contribution is -0.0783. The quantitative estimate of drug-likeness (QED) is 0.0976. The SMILES string of the molecule is COC1(CO)C2(Cl)C(Cl)=C(Cl)C1(Cl)c1c2c(O)c2cc3c(O)c4c(c(O)c3cc2c1O)C1(Cl)C(Cl)=C(Cl)C4(Cl)C1(CO)OC. The van der Waals surface area contributed by atoms with E-state index in [-0.39, 0.29) is 63.9 Å². The number of methoxy groups -OCH3 is 2. The Bertz CT molecular complexity index is 1720. The minimum atomic E-state index is -2.06. The van der Waals surface area contributed by atoms with Crippen LogP contribution < -0.4 is 0 Å². The molecule has 0 heterocycles. The molecule has 0 aliphatic heterocycles. The van der Waals surface area contributed by atoms with Gasteiger partial charge in [-0.15, -0.1) is 46.4 Å². The molecule has 234 valence electrons. The zero-order valence-corrected chi connectivity index (χ0v) is 28.1. The van der Waals surface area contributed by atoms with Crippen LogP contribution in [0.15, 0.2) is 32.3 Å². The first-order valence-corrected chi connectivity index (χ1v) is 15.6. The van der Waals surface area contributed by atoms with E-state index in [1.165, 1.54) is 26.4 Å². The van der Waals surface area contributed by atoms with Crippen molar-refractivity contribution in [1.29, 1.82) is 0 Å². The maximum atomic E-state index is 11.8. The van der Waals surface area contributed by atoms with Gasteiger partial charge >= 0.3 is 0 Å². The summed E-state index contributed by atoms with van der Waals surface area (Å²) in [4.78, 5) is -8.23. The highest BCUT2D eigenvalue weighted by molar-refractivity contribution is 6.54. The van der Waals surface area contributed by atoms with Crippen molar-refractivity contribution in [3.63, 3.8) is 0 Å². The maximum absolute atomic E-state index is 11.8. The molecule has 8 nitrogen and oxygen atoms in total. The van der Waals surface area contributed by atoms with E-state index in [2.05, 4.69) is 0 Å². The highest BCUT2D eigenvalue weighted by Gasteiger charge is 2.81. The fourth-order valence-corrected chi connectivity index (χ4v) is 12.0. The van der Waals surface area contributed by atoms with Crippen molar-refractivity contribution in [2.75, 3.05) is 27.4 Å². The molecule has 4 aliphatic rings. The van der Waals surface area contributed by atoms with E-state index >= 15 is 0 Å². The molecule has 0 amide bonds. The van der Waals surface area contributed by atoms with Crippen molar-refractivity contribution < 1.29 is 40.1 Å².